The maximum atomic E-state index is 13.1. The van der Waals surface area contributed by atoms with Gasteiger partial charge in [0.1, 0.15) is 5.82 Å². The molecule has 1 atom stereocenters. The van der Waals surface area contributed by atoms with Gasteiger partial charge in [-0.15, -0.1) is 0 Å². The quantitative estimate of drug-likeness (QED) is 0.671. The van der Waals surface area contributed by atoms with Gasteiger partial charge in [-0.3, -0.25) is 10.1 Å². The van der Waals surface area contributed by atoms with Gasteiger partial charge >= 0.3 is 0 Å². The number of nitro groups is 1. The fourth-order valence-electron chi connectivity index (χ4n) is 2.12. The van der Waals surface area contributed by atoms with Crippen LogP contribution in [0.25, 0.3) is 0 Å². The molecular formula is C15H15FN2O2. The lowest BCUT2D eigenvalue weighted by Gasteiger charge is -2.17. The molecule has 104 valence electrons. The second-order valence-electron chi connectivity index (χ2n) is 4.64. The Hall–Kier alpha value is -2.43. The molecule has 5 heteroatoms. The van der Waals surface area contributed by atoms with Crippen LogP contribution in [0.5, 0.6) is 0 Å². The average molecular weight is 274 g/mol. The summed E-state index contributed by atoms with van der Waals surface area (Å²) in [6.45, 7) is 3.63. The molecule has 0 saturated carbocycles. The molecular weight excluding hydrogens is 259 g/mol. The maximum Gasteiger partial charge on any atom is 0.274 e. The highest BCUT2D eigenvalue weighted by Crippen LogP contribution is 2.28. The molecule has 0 aliphatic rings. The average Bonchev–Trinajstić information content (AvgIpc) is 2.41. The molecule has 2 aromatic rings. The fraction of sp³-hybridized carbons (Fsp3) is 0.200. The van der Waals surface area contributed by atoms with Crippen LogP contribution in [0, 0.1) is 22.9 Å². The number of rotatable bonds is 4. The molecule has 2 rings (SSSR count). The minimum absolute atomic E-state index is 0.0762. The summed E-state index contributed by atoms with van der Waals surface area (Å²) in [5, 5.41) is 14.2. The highest BCUT2D eigenvalue weighted by atomic mass is 19.1. The van der Waals surface area contributed by atoms with Crippen molar-refractivity contribution < 1.29 is 9.31 Å². The summed E-state index contributed by atoms with van der Waals surface area (Å²) in [5.41, 5.74) is 2.20. The minimum Gasteiger partial charge on any atom is -0.378 e. The Kier molecular flexibility index (Phi) is 3.98. The number of nitrogens with zero attached hydrogens (tertiary/aromatic N) is 1. The van der Waals surface area contributed by atoms with Crippen molar-refractivity contribution in [1.29, 1.82) is 0 Å². The number of nitro benzene ring substituents is 1. The predicted octanol–water partition coefficient (Wildman–Crippen LogP) is 4.22. The van der Waals surface area contributed by atoms with Crippen LogP contribution in [0.4, 0.5) is 15.8 Å². The van der Waals surface area contributed by atoms with Crippen LogP contribution in [0.1, 0.15) is 24.1 Å². The number of para-hydroxylation sites is 1. The Morgan fingerprint density at radius 2 is 1.95 bits per heavy atom. The van der Waals surface area contributed by atoms with E-state index in [1.807, 2.05) is 6.92 Å². The van der Waals surface area contributed by atoms with Crippen LogP contribution in [0.15, 0.2) is 42.5 Å². The molecule has 0 amide bonds. The van der Waals surface area contributed by atoms with Crippen LogP contribution >= 0.6 is 0 Å². The van der Waals surface area contributed by atoms with Gasteiger partial charge in [0.2, 0.25) is 0 Å². The lowest BCUT2D eigenvalue weighted by Crippen LogP contribution is -2.10. The van der Waals surface area contributed by atoms with E-state index >= 15 is 0 Å². The standard InChI is InChI=1S/C15H15FN2O2/c1-10-9-12(16)7-8-14(10)17-11(2)13-5-3-4-6-15(13)18(19)20/h3-9,11,17H,1-2H3. The molecule has 0 aliphatic carbocycles. The number of hydrogen-bond acceptors (Lipinski definition) is 3. The third-order valence-corrected chi connectivity index (χ3v) is 3.16. The first-order valence-corrected chi connectivity index (χ1v) is 6.25. The zero-order valence-corrected chi connectivity index (χ0v) is 11.3. The van der Waals surface area contributed by atoms with E-state index in [2.05, 4.69) is 5.32 Å². The van der Waals surface area contributed by atoms with Crippen LogP contribution < -0.4 is 5.32 Å². The third kappa shape index (κ3) is 2.93. The molecule has 20 heavy (non-hydrogen) atoms. The van der Waals surface area contributed by atoms with Gasteiger partial charge < -0.3 is 5.32 Å². The number of aryl methyl sites for hydroxylation is 1. The zero-order chi connectivity index (χ0) is 14.7. The predicted molar refractivity (Wildman–Crippen MR) is 76.3 cm³/mol. The highest BCUT2D eigenvalue weighted by molar-refractivity contribution is 5.54. The molecule has 0 aromatic heterocycles. The number of nitrogens with one attached hydrogen (secondary N) is 1. The van der Waals surface area contributed by atoms with Crippen LogP contribution in [-0.2, 0) is 0 Å². The zero-order valence-electron chi connectivity index (χ0n) is 11.3. The molecule has 0 heterocycles. The van der Waals surface area contributed by atoms with E-state index in [1.54, 1.807) is 31.2 Å². The second kappa shape index (κ2) is 5.69. The van der Waals surface area contributed by atoms with Gasteiger partial charge in [-0.05, 0) is 37.6 Å². The summed E-state index contributed by atoms with van der Waals surface area (Å²) in [4.78, 5) is 10.6. The summed E-state index contributed by atoms with van der Waals surface area (Å²) < 4.78 is 13.1. The monoisotopic (exact) mass is 274 g/mol. The first kappa shape index (κ1) is 14.0. The normalized spacial score (nSPS) is 11.9. The Balaban J connectivity index is 2.28. The molecule has 2 aromatic carbocycles. The van der Waals surface area contributed by atoms with E-state index in [0.717, 1.165) is 11.3 Å². The van der Waals surface area contributed by atoms with Crippen molar-refractivity contribution in [2.24, 2.45) is 0 Å². The second-order valence-corrected chi connectivity index (χ2v) is 4.64. The van der Waals surface area contributed by atoms with E-state index in [1.165, 1.54) is 18.2 Å². The van der Waals surface area contributed by atoms with E-state index in [0.29, 0.717) is 5.56 Å². The molecule has 0 bridgehead atoms. The first-order chi connectivity index (χ1) is 9.49. The van der Waals surface area contributed by atoms with Gasteiger partial charge in [0.15, 0.2) is 0 Å². The molecule has 0 spiro atoms. The lowest BCUT2D eigenvalue weighted by molar-refractivity contribution is -0.385. The first-order valence-electron chi connectivity index (χ1n) is 6.25. The lowest BCUT2D eigenvalue weighted by atomic mass is 10.1. The molecule has 1 unspecified atom stereocenters. The number of hydrogen-bond donors (Lipinski definition) is 1. The van der Waals surface area contributed by atoms with Crippen LogP contribution in [0.2, 0.25) is 0 Å². The minimum atomic E-state index is -0.398. The van der Waals surface area contributed by atoms with Gasteiger partial charge in [0.05, 0.1) is 16.5 Å². The van der Waals surface area contributed by atoms with Gasteiger partial charge in [0, 0.05) is 11.8 Å². The Morgan fingerprint density at radius 1 is 1.25 bits per heavy atom. The number of halogens is 1. The number of anilines is 1. The Bertz CT molecular complexity index is 644. The summed E-state index contributed by atoms with van der Waals surface area (Å²) in [5.74, 6) is -0.300. The van der Waals surface area contributed by atoms with Crippen LogP contribution in [0.3, 0.4) is 0 Å². The van der Waals surface area contributed by atoms with Gasteiger partial charge in [0.25, 0.3) is 5.69 Å². The Morgan fingerprint density at radius 3 is 2.60 bits per heavy atom. The highest BCUT2D eigenvalue weighted by Gasteiger charge is 2.18. The maximum absolute atomic E-state index is 13.1. The van der Waals surface area contributed by atoms with Crippen molar-refractivity contribution in [1.82, 2.24) is 0 Å². The topological polar surface area (TPSA) is 55.2 Å². The molecule has 0 saturated heterocycles. The molecule has 0 aliphatic heterocycles. The van der Waals surface area contributed by atoms with E-state index in [-0.39, 0.29) is 17.5 Å². The summed E-state index contributed by atoms with van der Waals surface area (Å²) >= 11 is 0. The Labute approximate surface area is 116 Å². The van der Waals surface area contributed by atoms with Crippen molar-refractivity contribution in [2.45, 2.75) is 19.9 Å². The van der Waals surface area contributed by atoms with Crippen molar-refractivity contribution in [3.63, 3.8) is 0 Å². The number of benzene rings is 2. The van der Waals surface area contributed by atoms with Crippen LogP contribution in [-0.4, -0.2) is 4.92 Å². The molecule has 1 N–H and O–H groups in total. The fourth-order valence-corrected chi connectivity index (χ4v) is 2.12. The van der Waals surface area contributed by atoms with Crippen molar-refractivity contribution in [2.75, 3.05) is 5.32 Å². The third-order valence-electron chi connectivity index (χ3n) is 3.16. The van der Waals surface area contributed by atoms with Gasteiger partial charge in [-0.1, -0.05) is 18.2 Å². The van der Waals surface area contributed by atoms with Crippen molar-refractivity contribution >= 4 is 11.4 Å². The molecule has 4 nitrogen and oxygen atoms in total. The van der Waals surface area contributed by atoms with Crippen molar-refractivity contribution in [3.8, 4) is 0 Å². The van der Waals surface area contributed by atoms with E-state index < -0.39 is 4.92 Å². The van der Waals surface area contributed by atoms with Crippen molar-refractivity contribution in [3.05, 3.63) is 69.5 Å². The smallest absolute Gasteiger partial charge is 0.274 e. The SMILES string of the molecule is Cc1cc(F)ccc1NC(C)c1ccccc1[N+](=O)[O-]. The summed E-state index contributed by atoms with van der Waals surface area (Å²) in [7, 11) is 0. The van der Waals surface area contributed by atoms with Gasteiger partial charge in [-0.25, -0.2) is 4.39 Å². The molecule has 0 radical (unpaired) electrons. The van der Waals surface area contributed by atoms with Gasteiger partial charge in [-0.2, -0.15) is 0 Å². The largest absolute Gasteiger partial charge is 0.378 e. The summed E-state index contributed by atoms with van der Waals surface area (Å²) in [6, 6.07) is 10.8. The van der Waals surface area contributed by atoms with E-state index in [4.69, 9.17) is 0 Å². The van der Waals surface area contributed by atoms with E-state index in [9.17, 15) is 14.5 Å². The molecule has 0 fully saturated rings. The summed E-state index contributed by atoms with van der Waals surface area (Å²) in [6.07, 6.45) is 0.